The molecule has 1 heteroatoms. The van der Waals surface area contributed by atoms with Gasteiger partial charge in [-0.05, 0) is 18.9 Å². The molecule has 0 atom stereocenters. The van der Waals surface area contributed by atoms with Gasteiger partial charge in [-0.25, -0.2) is 0 Å². The van der Waals surface area contributed by atoms with Gasteiger partial charge in [0.1, 0.15) is 0 Å². The Balaban J connectivity index is 0.000000371. The van der Waals surface area contributed by atoms with Gasteiger partial charge in [-0.1, -0.05) is 27.7 Å². The molecular weight excluding hydrogens is 122 g/mol. The maximum absolute atomic E-state index is 2.36. The second kappa shape index (κ2) is 3.97. The van der Waals surface area contributed by atoms with E-state index in [9.17, 15) is 0 Å². The van der Waals surface area contributed by atoms with E-state index in [0.29, 0.717) is 5.41 Å². The minimum Gasteiger partial charge on any atom is -0.305 e. The predicted octanol–water partition coefficient (Wildman–Crippen LogP) is 2.37. The lowest BCUT2D eigenvalue weighted by Gasteiger charge is -2.45. The zero-order valence-corrected chi connectivity index (χ0v) is 8.07. The second-order valence-electron chi connectivity index (χ2n) is 3.34. The summed E-state index contributed by atoms with van der Waals surface area (Å²) < 4.78 is 0. The van der Waals surface area contributed by atoms with E-state index in [0.717, 1.165) is 0 Å². The summed E-state index contributed by atoms with van der Waals surface area (Å²) in [7, 11) is 2.18. The fourth-order valence-corrected chi connectivity index (χ4v) is 1.48. The minimum absolute atomic E-state index is 0.661. The Kier molecular flexibility index (Phi) is 3.95. The van der Waals surface area contributed by atoms with Crippen molar-refractivity contribution in [3.05, 3.63) is 0 Å². The van der Waals surface area contributed by atoms with Crippen LogP contribution in [-0.2, 0) is 0 Å². The summed E-state index contributed by atoms with van der Waals surface area (Å²) in [6, 6.07) is 0. The van der Waals surface area contributed by atoms with Gasteiger partial charge in [0.2, 0.25) is 0 Å². The summed E-state index contributed by atoms with van der Waals surface area (Å²) in [5, 5.41) is 0. The second-order valence-corrected chi connectivity index (χ2v) is 3.34. The molecule has 0 bridgehead atoms. The van der Waals surface area contributed by atoms with Crippen LogP contribution in [0.15, 0.2) is 0 Å². The first-order chi connectivity index (χ1) is 4.66. The van der Waals surface area contributed by atoms with E-state index in [4.69, 9.17) is 0 Å². The van der Waals surface area contributed by atoms with Crippen LogP contribution in [0, 0.1) is 5.41 Å². The van der Waals surface area contributed by atoms with Crippen molar-refractivity contribution in [1.82, 2.24) is 4.90 Å². The number of hydrogen-bond acceptors (Lipinski definition) is 1. The van der Waals surface area contributed by atoms with Gasteiger partial charge in [-0.3, -0.25) is 0 Å². The first kappa shape index (κ1) is 9.96. The van der Waals surface area contributed by atoms with Crippen LogP contribution in [0.25, 0.3) is 0 Å². The van der Waals surface area contributed by atoms with Crippen LogP contribution in [0.1, 0.15) is 34.1 Å². The lowest BCUT2D eigenvalue weighted by Crippen LogP contribution is -2.51. The topological polar surface area (TPSA) is 3.24 Å². The Morgan fingerprint density at radius 1 is 1.30 bits per heavy atom. The predicted molar refractivity (Wildman–Crippen MR) is 47.2 cm³/mol. The summed E-state index contributed by atoms with van der Waals surface area (Å²) in [5.74, 6) is 0. The monoisotopic (exact) mass is 143 g/mol. The third kappa shape index (κ3) is 2.30. The van der Waals surface area contributed by atoms with Crippen molar-refractivity contribution in [2.45, 2.75) is 34.1 Å². The van der Waals surface area contributed by atoms with Crippen LogP contribution >= 0.6 is 0 Å². The molecule has 1 fully saturated rings. The Labute approximate surface area is 65.4 Å². The van der Waals surface area contributed by atoms with E-state index in [1.807, 2.05) is 13.8 Å². The third-order valence-corrected chi connectivity index (χ3v) is 2.16. The summed E-state index contributed by atoms with van der Waals surface area (Å²) >= 11 is 0. The van der Waals surface area contributed by atoms with Gasteiger partial charge in [0.25, 0.3) is 0 Å². The molecule has 0 amide bonds. The van der Waals surface area contributed by atoms with E-state index in [2.05, 4.69) is 25.8 Å². The molecule has 1 heterocycles. The Morgan fingerprint density at radius 3 is 1.80 bits per heavy atom. The van der Waals surface area contributed by atoms with Crippen molar-refractivity contribution in [1.29, 1.82) is 0 Å². The zero-order chi connectivity index (χ0) is 8.20. The van der Waals surface area contributed by atoms with Crippen molar-refractivity contribution >= 4 is 0 Å². The molecule has 0 spiro atoms. The molecule has 62 valence electrons. The summed E-state index contributed by atoms with van der Waals surface area (Å²) in [4.78, 5) is 2.36. The number of likely N-dealkylation sites (tertiary alicyclic amines) is 1. The highest BCUT2D eigenvalue weighted by molar-refractivity contribution is 4.87. The van der Waals surface area contributed by atoms with Gasteiger partial charge in [0.05, 0.1) is 0 Å². The maximum atomic E-state index is 2.36. The van der Waals surface area contributed by atoms with Crippen molar-refractivity contribution in [2.24, 2.45) is 5.41 Å². The van der Waals surface area contributed by atoms with Gasteiger partial charge in [0.15, 0.2) is 0 Å². The molecule has 1 aliphatic heterocycles. The molecule has 0 radical (unpaired) electrons. The highest BCUT2D eigenvalue weighted by Crippen LogP contribution is 2.30. The van der Waals surface area contributed by atoms with Crippen molar-refractivity contribution in [2.75, 3.05) is 20.1 Å². The van der Waals surface area contributed by atoms with Gasteiger partial charge < -0.3 is 4.90 Å². The number of nitrogens with zero attached hydrogens (tertiary/aromatic N) is 1. The van der Waals surface area contributed by atoms with Crippen molar-refractivity contribution in [3.63, 3.8) is 0 Å². The first-order valence-corrected chi connectivity index (χ1v) is 4.35. The molecule has 0 N–H and O–H groups in total. The summed E-state index contributed by atoms with van der Waals surface area (Å²) in [6.07, 6.45) is 1.33. The van der Waals surface area contributed by atoms with Gasteiger partial charge >= 0.3 is 0 Å². The van der Waals surface area contributed by atoms with Crippen LogP contribution in [0.4, 0.5) is 0 Å². The van der Waals surface area contributed by atoms with Crippen molar-refractivity contribution < 1.29 is 0 Å². The average molecular weight is 143 g/mol. The lowest BCUT2D eigenvalue weighted by atomic mass is 9.80. The quantitative estimate of drug-likeness (QED) is 0.544. The minimum atomic E-state index is 0.661. The van der Waals surface area contributed by atoms with Crippen LogP contribution < -0.4 is 0 Å². The fourth-order valence-electron chi connectivity index (χ4n) is 1.48. The number of rotatable bonds is 1. The van der Waals surface area contributed by atoms with Crippen molar-refractivity contribution in [3.8, 4) is 0 Å². The van der Waals surface area contributed by atoms with E-state index < -0.39 is 0 Å². The van der Waals surface area contributed by atoms with Gasteiger partial charge in [-0.15, -0.1) is 0 Å². The molecule has 1 aliphatic rings. The Morgan fingerprint density at radius 2 is 1.70 bits per heavy atom. The van der Waals surface area contributed by atoms with E-state index >= 15 is 0 Å². The molecule has 1 nitrogen and oxygen atoms in total. The maximum Gasteiger partial charge on any atom is 0.00447 e. The molecule has 1 rings (SSSR count). The summed E-state index contributed by atoms with van der Waals surface area (Å²) in [6.45, 7) is 11.2. The van der Waals surface area contributed by atoms with Crippen LogP contribution in [0.2, 0.25) is 0 Å². The standard InChI is InChI=1S/C7H15N.C2H6/c1-4-7(2)5-8(3)6-7;1-2/h4-6H2,1-3H3;1-2H3. The molecule has 0 aromatic rings. The number of hydrogen-bond donors (Lipinski definition) is 0. The zero-order valence-electron chi connectivity index (χ0n) is 8.07. The van der Waals surface area contributed by atoms with E-state index in [1.165, 1.54) is 19.5 Å². The van der Waals surface area contributed by atoms with Gasteiger partial charge in [-0.2, -0.15) is 0 Å². The molecule has 0 aromatic heterocycles. The largest absolute Gasteiger partial charge is 0.305 e. The smallest absolute Gasteiger partial charge is 0.00447 e. The molecule has 0 aliphatic carbocycles. The van der Waals surface area contributed by atoms with E-state index in [-0.39, 0.29) is 0 Å². The SMILES string of the molecule is CC.CCC1(C)CN(C)C1. The molecule has 0 aromatic carbocycles. The normalized spacial score (nSPS) is 22.5. The molecule has 0 saturated carbocycles. The molecular formula is C9H21N. The lowest BCUT2D eigenvalue weighted by molar-refractivity contribution is 0.0361. The fraction of sp³-hybridized carbons (Fsp3) is 1.00. The molecule has 1 saturated heterocycles. The average Bonchev–Trinajstić information content (AvgIpc) is 1.90. The third-order valence-electron chi connectivity index (χ3n) is 2.16. The molecule has 10 heavy (non-hydrogen) atoms. The molecule has 0 unspecified atom stereocenters. The highest BCUT2D eigenvalue weighted by atomic mass is 15.2. The highest BCUT2D eigenvalue weighted by Gasteiger charge is 2.33. The van der Waals surface area contributed by atoms with Gasteiger partial charge in [0, 0.05) is 13.1 Å². The van der Waals surface area contributed by atoms with Crippen LogP contribution in [0.5, 0.6) is 0 Å². The first-order valence-electron chi connectivity index (χ1n) is 4.35. The van der Waals surface area contributed by atoms with E-state index in [1.54, 1.807) is 0 Å². The Hall–Kier alpha value is -0.0400. The summed E-state index contributed by atoms with van der Waals surface area (Å²) in [5.41, 5.74) is 0.661. The Bertz CT molecular complexity index is 82.7. The van der Waals surface area contributed by atoms with Crippen LogP contribution in [-0.4, -0.2) is 25.0 Å². The van der Waals surface area contributed by atoms with Crippen LogP contribution in [0.3, 0.4) is 0 Å².